The Hall–Kier alpha value is -1.69. The summed E-state index contributed by atoms with van der Waals surface area (Å²) in [6.07, 6.45) is 5.36. The maximum absolute atomic E-state index is 13.7. The molecule has 1 unspecified atom stereocenters. The molecule has 134 valence electrons. The summed E-state index contributed by atoms with van der Waals surface area (Å²) >= 11 is 5.97. The van der Waals surface area contributed by atoms with Gasteiger partial charge in [-0.3, -0.25) is 9.78 Å². The second-order valence-electron chi connectivity index (χ2n) is 6.03. The van der Waals surface area contributed by atoms with Crippen molar-refractivity contribution < 1.29 is 9.18 Å². The fraction of sp³-hybridized carbons (Fsp3) is 0.333. The van der Waals surface area contributed by atoms with Crippen molar-refractivity contribution >= 4 is 29.9 Å². The number of hydrogen-bond donors (Lipinski definition) is 2. The third-order valence-electron chi connectivity index (χ3n) is 4.23. The molecule has 0 spiro atoms. The largest absolute Gasteiger partial charge is 0.348 e. The minimum atomic E-state index is -0.427. The van der Waals surface area contributed by atoms with Crippen LogP contribution in [0.4, 0.5) is 4.39 Å². The van der Waals surface area contributed by atoms with E-state index in [1.165, 1.54) is 18.3 Å². The van der Waals surface area contributed by atoms with E-state index in [0.29, 0.717) is 16.5 Å². The topological polar surface area (TPSA) is 54.0 Å². The van der Waals surface area contributed by atoms with E-state index in [1.807, 2.05) is 6.07 Å². The molecule has 1 aliphatic rings. The van der Waals surface area contributed by atoms with Crippen LogP contribution in [-0.2, 0) is 13.0 Å². The van der Waals surface area contributed by atoms with Gasteiger partial charge >= 0.3 is 0 Å². The van der Waals surface area contributed by atoms with E-state index in [9.17, 15) is 9.18 Å². The summed E-state index contributed by atoms with van der Waals surface area (Å²) in [6, 6.07) is 6.31. The lowest BCUT2D eigenvalue weighted by atomic mass is 9.99. The molecule has 1 saturated heterocycles. The van der Waals surface area contributed by atoms with Crippen LogP contribution in [-0.4, -0.2) is 24.0 Å². The molecule has 2 heterocycles. The van der Waals surface area contributed by atoms with Crippen molar-refractivity contribution in [2.45, 2.75) is 19.4 Å². The highest BCUT2D eigenvalue weighted by Crippen LogP contribution is 2.19. The van der Waals surface area contributed by atoms with Gasteiger partial charge in [-0.15, -0.1) is 12.4 Å². The highest BCUT2D eigenvalue weighted by atomic mass is 35.5. The Balaban J connectivity index is 0.00000225. The van der Waals surface area contributed by atoms with E-state index in [1.54, 1.807) is 12.3 Å². The summed E-state index contributed by atoms with van der Waals surface area (Å²) in [5, 5.41) is 6.34. The molecule has 1 atom stereocenters. The van der Waals surface area contributed by atoms with E-state index < -0.39 is 5.82 Å². The number of carbonyl (C=O) groups excluding carboxylic acids is 1. The Morgan fingerprint density at radius 3 is 2.96 bits per heavy atom. The molecular formula is C18H20Cl2FN3O. The molecule has 0 bridgehead atoms. The fourth-order valence-corrected chi connectivity index (χ4v) is 3.15. The highest BCUT2D eigenvalue weighted by Gasteiger charge is 2.16. The van der Waals surface area contributed by atoms with Gasteiger partial charge in [-0.05, 0) is 55.6 Å². The number of carbonyl (C=O) groups is 1. The Morgan fingerprint density at radius 2 is 2.24 bits per heavy atom. The van der Waals surface area contributed by atoms with Crippen LogP contribution in [0.15, 0.2) is 36.7 Å². The van der Waals surface area contributed by atoms with Gasteiger partial charge in [-0.1, -0.05) is 17.7 Å². The normalized spacial score (nSPS) is 16.3. The number of halogens is 3. The van der Waals surface area contributed by atoms with Gasteiger partial charge in [0.2, 0.25) is 0 Å². The molecule has 1 aliphatic heterocycles. The summed E-state index contributed by atoms with van der Waals surface area (Å²) in [5.41, 5.74) is 1.81. The van der Waals surface area contributed by atoms with Crippen molar-refractivity contribution in [3.63, 3.8) is 0 Å². The third-order valence-corrected chi connectivity index (χ3v) is 4.59. The van der Waals surface area contributed by atoms with Gasteiger partial charge in [0.25, 0.3) is 5.91 Å². The highest BCUT2D eigenvalue weighted by molar-refractivity contribution is 6.31. The van der Waals surface area contributed by atoms with Crippen molar-refractivity contribution in [2.24, 2.45) is 5.92 Å². The Morgan fingerprint density at radius 1 is 1.40 bits per heavy atom. The number of amides is 1. The monoisotopic (exact) mass is 383 g/mol. The van der Waals surface area contributed by atoms with Crippen LogP contribution in [0.5, 0.6) is 0 Å². The van der Waals surface area contributed by atoms with Gasteiger partial charge in [0.05, 0.1) is 5.56 Å². The first-order valence-electron chi connectivity index (χ1n) is 7.99. The summed E-state index contributed by atoms with van der Waals surface area (Å²) in [4.78, 5) is 16.5. The summed E-state index contributed by atoms with van der Waals surface area (Å²) in [6.45, 7) is 2.09. The molecule has 0 saturated carbocycles. The van der Waals surface area contributed by atoms with Gasteiger partial charge in [0, 0.05) is 29.5 Å². The molecule has 1 aromatic carbocycles. The average Bonchev–Trinajstić information content (AvgIpc) is 3.07. The molecule has 1 fully saturated rings. The molecule has 2 aromatic rings. The average molecular weight is 384 g/mol. The first-order chi connectivity index (χ1) is 11.6. The quantitative estimate of drug-likeness (QED) is 0.831. The molecule has 25 heavy (non-hydrogen) atoms. The van der Waals surface area contributed by atoms with E-state index in [4.69, 9.17) is 11.6 Å². The van der Waals surface area contributed by atoms with Crippen molar-refractivity contribution in [3.05, 3.63) is 64.2 Å². The van der Waals surface area contributed by atoms with Gasteiger partial charge in [0.1, 0.15) is 5.82 Å². The van der Waals surface area contributed by atoms with Crippen molar-refractivity contribution in [1.82, 2.24) is 15.6 Å². The van der Waals surface area contributed by atoms with Crippen LogP contribution < -0.4 is 10.6 Å². The number of pyridine rings is 1. The van der Waals surface area contributed by atoms with Gasteiger partial charge in [-0.25, -0.2) is 4.39 Å². The van der Waals surface area contributed by atoms with Crippen LogP contribution >= 0.6 is 24.0 Å². The first-order valence-corrected chi connectivity index (χ1v) is 8.37. The zero-order valence-corrected chi connectivity index (χ0v) is 15.2. The van der Waals surface area contributed by atoms with Gasteiger partial charge in [0.15, 0.2) is 0 Å². The van der Waals surface area contributed by atoms with E-state index >= 15 is 0 Å². The molecule has 1 aromatic heterocycles. The van der Waals surface area contributed by atoms with Gasteiger partial charge in [-0.2, -0.15) is 0 Å². The minimum Gasteiger partial charge on any atom is -0.348 e. The molecular weight excluding hydrogens is 364 g/mol. The zero-order valence-electron chi connectivity index (χ0n) is 13.6. The number of nitrogens with zero attached hydrogens (tertiary/aromatic N) is 1. The number of nitrogens with one attached hydrogen (secondary N) is 2. The van der Waals surface area contributed by atoms with Crippen LogP contribution in [0.2, 0.25) is 5.02 Å². The Bertz CT molecular complexity index is 716. The molecule has 2 N–H and O–H groups in total. The van der Waals surface area contributed by atoms with Crippen LogP contribution in [0.3, 0.4) is 0 Å². The molecule has 0 radical (unpaired) electrons. The minimum absolute atomic E-state index is 0. The molecule has 4 nitrogen and oxygen atoms in total. The maximum Gasteiger partial charge on any atom is 0.253 e. The molecule has 7 heteroatoms. The third kappa shape index (κ3) is 5.14. The van der Waals surface area contributed by atoms with Crippen molar-refractivity contribution in [3.8, 4) is 0 Å². The zero-order chi connectivity index (χ0) is 16.9. The van der Waals surface area contributed by atoms with E-state index in [2.05, 4.69) is 15.6 Å². The molecule has 0 aliphatic carbocycles. The molecule has 3 rings (SSSR count). The predicted octanol–water partition coefficient (Wildman–Crippen LogP) is 3.38. The first kappa shape index (κ1) is 19.6. The maximum atomic E-state index is 13.7. The molecule has 1 amide bonds. The lowest BCUT2D eigenvalue weighted by molar-refractivity contribution is 0.0950. The lowest BCUT2D eigenvalue weighted by Gasteiger charge is -2.10. The van der Waals surface area contributed by atoms with Crippen molar-refractivity contribution in [1.29, 1.82) is 0 Å². The van der Waals surface area contributed by atoms with Gasteiger partial charge < -0.3 is 10.6 Å². The Labute approximate surface area is 157 Å². The predicted molar refractivity (Wildman–Crippen MR) is 98.7 cm³/mol. The SMILES string of the molecule is Cl.O=C(NCc1c(F)cccc1Cl)c1cncc(CC2CCNC2)c1. The van der Waals surface area contributed by atoms with E-state index in [0.717, 1.165) is 31.5 Å². The summed E-state index contributed by atoms with van der Waals surface area (Å²) in [5.74, 6) is -0.126. The van der Waals surface area contributed by atoms with Crippen LogP contribution in [0, 0.1) is 11.7 Å². The van der Waals surface area contributed by atoms with Crippen LogP contribution in [0.25, 0.3) is 0 Å². The smallest absolute Gasteiger partial charge is 0.253 e. The second-order valence-corrected chi connectivity index (χ2v) is 6.43. The lowest BCUT2D eigenvalue weighted by Crippen LogP contribution is -2.24. The van der Waals surface area contributed by atoms with E-state index in [-0.39, 0.29) is 30.4 Å². The van der Waals surface area contributed by atoms with Crippen LogP contribution in [0.1, 0.15) is 27.9 Å². The standard InChI is InChI=1S/C18H19ClFN3O.ClH/c19-16-2-1-3-17(20)15(16)11-23-18(24)14-7-13(9-22-10-14)6-12-4-5-21-8-12;/h1-3,7,9-10,12,21H,4-6,8,11H2,(H,23,24);1H. The number of hydrogen-bond acceptors (Lipinski definition) is 3. The second kappa shape index (κ2) is 9.13. The fourth-order valence-electron chi connectivity index (χ4n) is 2.92. The summed E-state index contributed by atoms with van der Waals surface area (Å²) in [7, 11) is 0. The number of rotatable bonds is 5. The summed E-state index contributed by atoms with van der Waals surface area (Å²) < 4.78 is 13.7. The number of benzene rings is 1. The number of aromatic nitrogens is 1. The Kier molecular flexibility index (Phi) is 7.17. The van der Waals surface area contributed by atoms with Crippen molar-refractivity contribution in [2.75, 3.05) is 13.1 Å².